The van der Waals surface area contributed by atoms with Crippen LogP contribution in [0.15, 0.2) is 34.8 Å². The summed E-state index contributed by atoms with van der Waals surface area (Å²) in [5.41, 5.74) is 0.715. The maximum Gasteiger partial charge on any atom is 0.153 e. The summed E-state index contributed by atoms with van der Waals surface area (Å²) in [6, 6.07) is 6.31. The van der Waals surface area contributed by atoms with E-state index in [1.165, 1.54) is 12.1 Å². The molecule has 1 N–H and O–H groups in total. The Bertz CT molecular complexity index is 783. The Morgan fingerprint density at radius 1 is 1.00 bits per heavy atom. The number of aromatic nitrogens is 2. The fourth-order valence-electron chi connectivity index (χ4n) is 1.82. The van der Waals surface area contributed by atoms with Crippen LogP contribution < -0.4 is 0 Å². The van der Waals surface area contributed by atoms with Crippen molar-refractivity contribution in [1.29, 1.82) is 0 Å². The van der Waals surface area contributed by atoms with Crippen molar-refractivity contribution in [1.82, 2.24) is 9.97 Å². The summed E-state index contributed by atoms with van der Waals surface area (Å²) in [7, 11) is 0. The quantitative estimate of drug-likeness (QED) is 0.705. The highest BCUT2D eigenvalue weighted by atomic mass is 79.9. The van der Waals surface area contributed by atoms with E-state index < -0.39 is 17.5 Å². The lowest BCUT2D eigenvalue weighted by molar-refractivity contribution is 0.591. The monoisotopic (exact) mass is 326 g/mol. The summed E-state index contributed by atoms with van der Waals surface area (Å²) in [6.07, 6.45) is 0. The maximum absolute atomic E-state index is 13.5. The molecule has 0 fully saturated rings. The van der Waals surface area contributed by atoms with E-state index in [-0.39, 0.29) is 16.9 Å². The Labute approximate surface area is 114 Å². The average Bonchev–Trinajstić information content (AvgIpc) is 2.76. The van der Waals surface area contributed by atoms with Crippen LogP contribution in [0, 0.1) is 17.5 Å². The van der Waals surface area contributed by atoms with Gasteiger partial charge in [-0.25, -0.2) is 18.2 Å². The smallest absolute Gasteiger partial charge is 0.153 e. The van der Waals surface area contributed by atoms with Gasteiger partial charge in [0.25, 0.3) is 0 Å². The van der Waals surface area contributed by atoms with E-state index >= 15 is 0 Å². The number of halogens is 4. The van der Waals surface area contributed by atoms with Gasteiger partial charge in [-0.15, -0.1) is 0 Å². The van der Waals surface area contributed by atoms with Gasteiger partial charge in [0.2, 0.25) is 0 Å². The van der Waals surface area contributed by atoms with Crippen LogP contribution in [0.4, 0.5) is 13.2 Å². The van der Waals surface area contributed by atoms with Crippen LogP contribution in [0.2, 0.25) is 0 Å². The van der Waals surface area contributed by atoms with Crippen LogP contribution in [0.5, 0.6) is 0 Å². The van der Waals surface area contributed by atoms with Crippen molar-refractivity contribution in [2.24, 2.45) is 0 Å². The molecule has 2 nitrogen and oxygen atoms in total. The fraction of sp³-hybridized carbons (Fsp3) is 0. The van der Waals surface area contributed by atoms with Crippen molar-refractivity contribution in [3.8, 4) is 11.4 Å². The number of hydrogen-bond donors (Lipinski definition) is 1. The molecule has 0 saturated heterocycles. The summed E-state index contributed by atoms with van der Waals surface area (Å²) < 4.78 is 40.4. The van der Waals surface area contributed by atoms with Gasteiger partial charge in [0, 0.05) is 11.6 Å². The van der Waals surface area contributed by atoms with Crippen LogP contribution in [-0.4, -0.2) is 9.97 Å². The molecule has 6 heteroatoms. The molecular weight excluding hydrogens is 321 g/mol. The lowest BCUT2D eigenvalue weighted by Crippen LogP contribution is -1.83. The average molecular weight is 327 g/mol. The molecule has 1 aromatic heterocycles. The standard InChI is InChI=1S/C13H6BrF3N2/c14-8-2-1-6(3-9(8)16)13-18-11-5-7(15)4-10(17)12(11)19-13/h1-5H,(H,18,19). The predicted molar refractivity (Wildman–Crippen MR) is 69.1 cm³/mol. The minimum absolute atomic E-state index is 0.0275. The molecule has 96 valence electrons. The molecule has 0 amide bonds. The number of imidazole rings is 1. The molecular formula is C13H6BrF3N2. The Hall–Kier alpha value is -1.82. The van der Waals surface area contributed by atoms with Gasteiger partial charge in [-0.3, -0.25) is 0 Å². The van der Waals surface area contributed by atoms with Crippen molar-refractivity contribution >= 4 is 27.0 Å². The molecule has 0 aliphatic carbocycles. The molecule has 3 rings (SSSR count). The second-order valence-corrected chi connectivity index (χ2v) is 4.85. The molecule has 0 aliphatic rings. The largest absolute Gasteiger partial charge is 0.338 e. The van der Waals surface area contributed by atoms with Gasteiger partial charge in [-0.05, 0) is 40.2 Å². The number of H-pyrrole nitrogens is 1. The number of nitrogens with zero attached hydrogens (tertiary/aromatic N) is 1. The third-order valence-electron chi connectivity index (χ3n) is 2.70. The lowest BCUT2D eigenvalue weighted by atomic mass is 10.2. The number of hydrogen-bond acceptors (Lipinski definition) is 1. The van der Waals surface area contributed by atoms with E-state index in [2.05, 4.69) is 25.9 Å². The van der Waals surface area contributed by atoms with Gasteiger partial charge in [0.1, 0.15) is 23.0 Å². The zero-order chi connectivity index (χ0) is 13.6. The number of nitrogens with one attached hydrogen (secondary N) is 1. The van der Waals surface area contributed by atoms with E-state index in [0.29, 0.717) is 10.0 Å². The Kier molecular flexibility index (Phi) is 2.82. The van der Waals surface area contributed by atoms with Gasteiger partial charge in [-0.1, -0.05) is 0 Å². The van der Waals surface area contributed by atoms with Crippen molar-refractivity contribution in [3.63, 3.8) is 0 Å². The first-order valence-corrected chi connectivity index (χ1v) is 6.14. The van der Waals surface area contributed by atoms with Crippen molar-refractivity contribution in [3.05, 3.63) is 52.3 Å². The summed E-state index contributed by atoms with van der Waals surface area (Å²) in [5, 5.41) is 0. The van der Waals surface area contributed by atoms with Crippen LogP contribution in [0.25, 0.3) is 22.4 Å². The van der Waals surface area contributed by atoms with E-state index in [9.17, 15) is 13.2 Å². The third kappa shape index (κ3) is 2.12. The molecule has 0 radical (unpaired) electrons. The van der Waals surface area contributed by atoms with E-state index in [4.69, 9.17) is 0 Å². The van der Waals surface area contributed by atoms with E-state index in [1.807, 2.05) is 0 Å². The molecule has 0 aliphatic heterocycles. The lowest BCUT2D eigenvalue weighted by Gasteiger charge is -1.98. The van der Waals surface area contributed by atoms with Gasteiger partial charge in [0.05, 0.1) is 9.99 Å². The summed E-state index contributed by atoms with van der Waals surface area (Å²) >= 11 is 3.04. The first-order valence-electron chi connectivity index (χ1n) is 5.35. The first-order chi connectivity index (χ1) is 9.04. The molecule has 0 unspecified atom stereocenters. The Morgan fingerprint density at radius 2 is 1.79 bits per heavy atom. The zero-order valence-electron chi connectivity index (χ0n) is 9.35. The normalized spacial score (nSPS) is 11.2. The highest BCUT2D eigenvalue weighted by Gasteiger charge is 2.12. The number of rotatable bonds is 1. The van der Waals surface area contributed by atoms with E-state index in [1.54, 1.807) is 6.07 Å². The van der Waals surface area contributed by atoms with Crippen molar-refractivity contribution < 1.29 is 13.2 Å². The van der Waals surface area contributed by atoms with Crippen LogP contribution >= 0.6 is 15.9 Å². The van der Waals surface area contributed by atoms with Gasteiger partial charge >= 0.3 is 0 Å². The molecule has 0 saturated carbocycles. The van der Waals surface area contributed by atoms with Gasteiger partial charge < -0.3 is 4.98 Å². The second-order valence-electron chi connectivity index (χ2n) is 4.00. The third-order valence-corrected chi connectivity index (χ3v) is 3.34. The highest BCUT2D eigenvalue weighted by Crippen LogP contribution is 2.26. The second kappa shape index (κ2) is 4.38. The number of aromatic amines is 1. The molecule has 0 spiro atoms. The number of fused-ring (bicyclic) bond motifs is 1. The Balaban J connectivity index is 2.20. The summed E-state index contributed by atoms with van der Waals surface area (Å²) in [5.74, 6) is -1.62. The summed E-state index contributed by atoms with van der Waals surface area (Å²) in [6.45, 7) is 0. The highest BCUT2D eigenvalue weighted by molar-refractivity contribution is 9.10. The van der Waals surface area contributed by atoms with Gasteiger partial charge in [-0.2, -0.15) is 0 Å². The molecule has 2 aromatic carbocycles. The first kappa shape index (κ1) is 12.2. The zero-order valence-corrected chi connectivity index (χ0v) is 10.9. The summed E-state index contributed by atoms with van der Waals surface area (Å²) in [4.78, 5) is 6.78. The van der Waals surface area contributed by atoms with Crippen molar-refractivity contribution in [2.45, 2.75) is 0 Å². The molecule has 19 heavy (non-hydrogen) atoms. The molecule has 1 heterocycles. The van der Waals surface area contributed by atoms with Crippen molar-refractivity contribution in [2.75, 3.05) is 0 Å². The topological polar surface area (TPSA) is 28.7 Å². The van der Waals surface area contributed by atoms with Gasteiger partial charge in [0.15, 0.2) is 5.82 Å². The maximum atomic E-state index is 13.5. The minimum Gasteiger partial charge on any atom is -0.338 e. The Morgan fingerprint density at radius 3 is 2.53 bits per heavy atom. The molecule has 3 aromatic rings. The van der Waals surface area contributed by atoms with E-state index in [0.717, 1.165) is 12.1 Å². The molecule has 0 atom stereocenters. The SMILES string of the molecule is Fc1cc(F)c2nc(-c3ccc(Br)c(F)c3)[nH]c2c1. The van der Waals surface area contributed by atoms with Crippen LogP contribution in [0.1, 0.15) is 0 Å². The fourth-order valence-corrected chi connectivity index (χ4v) is 2.07. The van der Waals surface area contributed by atoms with Crippen LogP contribution in [0.3, 0.4) is 0 Å². The molecule has 0 bridgehead atoms. The number of benzene rings is 2. The minimum atomic E-state index is -0.755. The van der Waals surface area contributed by atoms with Crippen LogP contribution in [-0.2, 0) is 0 Å². The predicted octanol–water partition coefficient (Wildman–Crippen LogP) is 4.41.